The van der Waals surface area contributed by atoms with Gasteiger partial charge < -0.3 is 20.2 Å². The van der Waals surface area contributed by atoms with Gasteiger partial charge in [0.2, 0.25) is 0 Å². The Bertz CT molecular complexity index is 441. The Hall–Kier alpha value is -1.56. The van der Waals surface area contributed by atoms with E-state index in [1.54, 1.807) is 6.92 Å². The van der Waals surface area contributed by atoms with E-state index < -0.39 is 6.10 Å². The summed E-state index contributed by atoms with van der Waals surface area (Å²) in [4.78, 5) is 15.7. The number of aromatic nitrogens is 1. The fourth-order valence-corrected chi connectivity index (χ4v) is 2.04. The first kappa shape index (κ1) is 16.5. The largest absolute Gasteiger partial charge is 0.448 e. The smallest absolute Gasteiger partial charge is 0.315 e. The molecule has 0 aromatic carbocycles. The molecule has 0 aliphatic heterocycles. The molecule has 1 heterocycles. The van der Waals surface area contributed by atoms with Gasteiger partial charge >= 0.3 is 6.03 Å². The van der Waals surface area contributed by atoms with E-state index in [1.807, 2.05) is 27.7 Å². The second-order valence-electron chi connectivity index (χ2n) is 6.07. The molecule has 1 aromatic heterocycles. The lowest BCUT2D eigenvalue weighted by molar-refractivity contribution is 0.0151. The van der Waals surface area contributed by atoms with E-state index in [-0.39, 0.29) is 17.4 Å². The maximum Gasteiger partial charge on any atom is 0.315 e. The molecule has 0 fully saturated rings. The first-order valence-electron chi connectivity index (χ1n) is 6.82. The number of nitrogens with one attached hydrogen (secondary N) is 2. The Morgan fingerprint density at radius 1 is 1.45 bits per heavy atom. The van der Waals surface area contributed by atoms with Crippen molar-refractivity contribution in [1.29, 1.82) is 0 Å². The Balaban J connectivity index is 2.38. The van der Waals surface area contributed by atoms with E-state index in [1.165, 1.54) is 6.39 Å². The van der Waals surface area contributed by atoms with Crippen molar-refractivity contribution < 1.29 is 14.3 Å². The molecule has 3 N–H and O–H groups in total. The van der Waals surface area contributed by atoms with Crippen LogP contribution in [0.5, 0.6) is 0 Å². The fourth-order valence-electron chi connectivity index (χ4n) is 2.04. The molecule has 114 valence electrons. The van der Waals surface area contributed by atoms with Gasteiger partial charge in [-0.3, -0.25) is 0 Å². The number of aliphatic hydroxyl groups is 1. The molecule has 0 spiro atoms. The molecule has 1 rings (SSSR count). The Kier molecular flexibility index (Phi) is 5.56. The van der Waals surface area contributed by atoms with E-state index in [0.29, 0.717) is 24.5 Å². The summed E-state index contributed by atoms with van der Waals surface area (Å²) in [5, 5.41) is 15.6. The Morgan fingerprint density at radius 3 is 2.60 bits per heavy atom. The van der Waals surface area contributed by atoms with Crippen LogP contribution in [0.4, 0.5) is 4.79 Å². The second-order valence-corrected chi connectivity index (χ2v) is 6.07. The molecule has 0 bridgehead atoms. The molecule has 0 aliphatic carbocycles. The highest BCUT2D eigenvalue weighted by molar-refractivity contribution is 5.73. The molecule has 2 amide bonds. The third-order valence-corrected chi connectivity index (χ3v) is 3.40. The van der Waals surface area contributed by atoms with Crippen molar-refractivity contribution in [3.05, 3.63) is 17.8 Å². The van der Waals surface area contributed by atoms with E-state index in [2.05, 4.69) is 15.6 Å². The van der Waals surface area contributed by atoms with Crippen LogP contribution in [-0.2, 0) is 6.54 Å². The number of aliphatic hydroxyl groups excluding tert-OH is 1. The summed E-state index contributed by atoms with van der Waals surface area (Å²) in [7, 11) is 0. The molecule has 0 radical (unpaired) electrons. The van der Waals surface area contributed by atoms with Gasteiger partial charge in [0.25, 0.3) is 0 Å². The number of rotatable bonds is 6. The SMILES string of the molecule is Cc1ocnc1CNC(=O)NCC(C)(C)C(O)C(C)C. The molecular weight excluding hydrogens is 258 g/mol. The molecule has 0 saturated carbocycles. The van der Waals surface area contributed by atoms with Crippen LogP contribution >= 0.6 is 0 Å². The van der Waals surface area contributed by atoms with E-state index in [4.69, 9.17) is 4.42 Å². The van der Waals surface area contributed by atoms with Crippen molar-refractivity contribution in [3.8, 4) is 0 Å². The zero-order chi connectivity index (χ0) is 15.3. The van der Waals surface area contributed by atoms with Crippen molar-refractivity contribution in [2.75, 3.05) is 6.54 Å². The number of carbonyl (C=O) groups excluding carboxylic acids is 1. The molecule has 0 saturated heterocycles. The number of urea groups is 1. The number of hydrogen-bond donors (Lipinski definition) is 3. The summed E-state index contributed by atoms with van der Waals surface area (Å²) in [5.41, 5.74) is 0.330. The number of oxazole rings is 1. The summed E-state index contributed by atoms with van der Waals surface area (Å²) in [6, 6.07) is -0.281. The van der Waals surface area contributed by atoms with Crippen molar-refractivity contribution in [1.82, 2.24) is 15.6 Å². The lowest BCUT2D eigenvalue weighted by Gasteiger charge is -2.33. The minimum atomic E-state index is -0.472. The summed E-state index contributed by atoms with van der Waals surface area (Å²) < 4.78 is 5.05. The molecule has 1 aromatic rings. The standard InChI is InChI=1S/C14H25N3O3/c1-9(2)12(18)14(4,5)7-16-13(19)15-6-11-10(3)20-8-17-11/h8-9,12,18H,6-7H2,1-5H3,(H2,15,16,19). The normalized spacial score (nSPS) is 13.3. The number of carbonyl (C=O) groups is 1. The van der Waals surface area contributed by atoms with Gasteiger partial charge in [0.05, 0.1) is 12.6 Å². The number of hydrogen-bond acceptors (Lipinski definition) is 4. The molecular formula is C14H25N3O3. The quantitative estimate of drug-likeness (QED) is 0.743. The molecule has 6 nitrogen and oxygen atoms in total. The van der Waals surface area contributed by atoms with Gasteiger partial charge in [-0.15, -0.1) is 0 Å². The van der Waals surface area contributed by atoms with Crippen molar-refractivity contribution in [3.63, 3.8) is 0 Å². The third kappa shape index (κ3) is 4.52. The van der Waals surface area contributed by atoms with Gasteiger partial charge in [0.1, 0.15) is 11.5 Å². The molecule has 0 aliphatic rings. The molecule has 1 atom stereocenters. The Labute approximate surface area is 120 Å². The Morgan fingerprint density at radius 2 is 2.10 bits per heavy atom. The fraction of sp³-hybridized carbons (Fsp3) is 0.714. The van der Waals surface area contributed by atoms with Crippen molar-refractivity contribution in [2.24, 2.45) is 11.3 Å². The maximum atomic E-state index is 11.7. The van der Waals surface area contributed by atoms with Crippen LogP contribution in [0, 0.1) is 18.3 Å². The number of amides is 2. The average molecular weight is 283 g/mol. The summed E-state index contributed by atoms with van der Waals surface area (Å²) in [6.07, 6.45) is 0.882. The van der Waals surface area contributed by atoms with Gasteiger partial charge in [0, 0.05) is 12.0 Å². The van der Waals surface area contributed by atoms with Gasteiger partial charge in [-0.2, -0.15) is 0 Å². The summed E-state index contributed by atoms with van der Waals surface area (Å²) in [5.74, 6) is 0.841. The second kappa shape index (κ2) is 6.74. The predicted molar refractivity (Wildman–Crippen MR) is 76.1 cm³/mol. The van der Waals surface area contributed by atoms with Crippen LogP contribution in [0.15, 0.2) is 10.8 Å². The number of aryl methyl sites for hydroxylation is 1. The molecule has 20 heavy (non-hydrogen) atoms. The van der Waals surface area contributed by atoms with E-state index in [0.717, 1.165) is 0 Å². The van der Waals surface area contributed by atoms with Crippen LogP contribution < -0.4 is 10.6 Å². The van der Waals surface area contributed by atoms with Crippen LogP contribution in [-0.4, -0.2) is 28.8 Å². The zero-order valence-corrected chi connectivity index (χ0v) is 12.9. The highest BCUT2D eigenvalue weighted by atomic mass is 16.3. The van der Waals surface area contributed by atoms with Crippen LogP contribution in [0.3, 0.4) is 0 Å². The van der Waals surface area contributed by atoms with Gasteiger partial charge in [-0.1, -0.05) is 27.7 Å². The minimum Gasteiger partial charge on any atom is -0.448 e. The molecule has 1 unspecified atom stereocenters. The minimum absolute atomic E-state index is 0.146. The van der Waals surface area contributed by atoms with Crippen LogP contribution in [0.2, 0.25) is 0 Å². The highest BCUT2D eigenvalue weighted by Gasteiger charge is 2.30. The van der Waals surface area contributed by atoms with Crippen molar-refractivity contribution in [2.45, 2.75) is 47.3 Å². The maximum absolute atomic E-state index is 11.7. The first-order valence-corrected chi connectivity index (χ1v) is 6.82. The lowest BCUT2D eigenvalue weighted by atomic mass is 9.81. The van der Waals surface area contributed by atoms with E-state index in [9.17, 15) is 9.90 Å². The lowest BCUT2D eigenvalue weighted by Crippen LogP contribution is -2.46. The van der Waals surface area contributed by atoms with Gasteiger partial charge in [-0.05, 0) is 12.8 Å². The van der Waals surface area contributed by atoms with Crippen LogP contribution in [0.1, 0.15) is 39.1 Å². The predicted octanol–water partition coefficient (Wildman–Crippen LogP) is 1.83. The third-order valence-electron chi connectivity index (χ3n) is 3.40. The topological polar surface area (TPSA) is 87.4 Å². The van der Waals surface area contributed by atoms with E-state index >= 15 is 0 Å². The van der Waals surface area contributed by atoms with Gasteiger partial charge in [-0.25, -0.2) is 9.78 Å². The zero-order valence-electron chi connectivity index (χ0n) is 12.9. The first-order chi connectivity index (χ1) is 9.24. The monoisotopic (exact) mass is 283 g/mol. The van der Waals surface area contributed by atoms with Crippen molar-refractivity contribution >= 4 is 6.03 Å². The van der Waals surface area contributed by atoms with Gasteiger partial charge in [0.15, 0.2) is 6.39 Å². The highest BCUT2D eigenvalue weighted by Crippen LogP contribution is 2.24. The summed E-state index contributed by atoms with van der Waals surface area (Å²) in [6.45, 7) is 10.3. The van der Waals surface area contributed by atoms with Crippen LogP contribution in [0.25, 0.3) is 0 Å². The number of nitrogens with zero attached hydrogens (tertiary/aromatic N) is 1. The average Bonchev–Trinajstić information content (AvgIpc) is 2.78. The molecule has 6 heteroatoms. The summed E-state index contributed by atoms with van der Waals surface area (Å²) >= 11 is 0.